The molecule has 0 bridgehead atoms. The van der Waals surface area contributed by atoms with Gasteiger partial charge in [-0.3, -0.25) is 0 Å². The summed E-state index contributed by atoms with van der Waals surface area (Å²) in [5, 5.41) is 6.87. The second-order valence-electron chi connectivity index (χ2n) is 9.02. The summed E-state index contributed by atoms with van der Waals surface area (Å²) in [6, 6.07) is 11.8. The molecule has 2 aromatic carbocycles. The third-order valence-corrected chi connectivity index (χ3v) is 6.98. The fraction of sp³-hybridized carbons (Fsp3) is 0.346. The number of likely N-dealkylation sites (tertiary alicyclic amines) is 1. The Morgan fingerprint density at radius 1 is 1.17 bits per heavy atom. The van der Waals surface area contributed by atoms with E-state index < -0.39 is 0 Å². The Kier molecular flexibility index (Phi) is 6.58. The van der Waals surface area contributed by atoms with Crippen molar-refractivity contribution >= 4 is 35.1 Å². The Morgan fingerprint density at radius 3 is 2.69 bits per heavy atom. The summed E-state index contributed by atoms with van der Waals surface area (Å²) < 4.78 is 14.1. The number of piperidine rings is 1. The molecular formula is C26H28ClFN6O. The molecule has 0 aliphatic carbocycles. The molecule has 5 rings (SSSR count). The van der Waals surface area contributed by atoms with Gasteiger partial charge in [0.1, 0.15) is 5.82 Å². The van der Waals surface area contributed by atoms with Crippen LogP contribution in [0.15, 0.2) is 42.5 Å². The molecule has 1 aromatic heterocycles. The number of hydrogen-bond donors (Lipinski definition) is 2. The van der Waals surface area contributed by atoms with Crippen LogP contribution in [0.25, 0.3) is 11.3 Å². The number of rotatable bonds is 5. The summed E-state index contributed by atoms with van der Waals surface area (Å²) in [4.78, 5) is 26.6. The molecule has 2 aliphatic rings. The summed E-state index contributed by atoms with van der Waals surface area (Å²) in [5.41, 5.74) is 3.66. The normalized spacial score (nSPS) is 16.7. The number of carbonyl (C=O) groups is 1. The first-order valence-electron chi connectivity index (χ1n) is 11.9. The largest absolute Gasteiger partial charge is 0.351 e. The van der Waals surface area contributed by atoms with E-state index in [4.69, 9.17) is 21.6 Å². The van der Waals surface area contributed by atoms with Gasteiger partial charge in [-0.05, 0) is 75.3 Å². The second kappa shape index (κ2) is 9.79. The van der Waals surface area contributed by atoms with E-state index in [-0.39, 0.29) is 24.4 Å². The molecule has 3 heterocycles. The lowest BCUT2D eigenvalue weighted by atomic mass is 9.97. The van der Waals surface area contributed by atoms with E-state index in [0.717, 1.165) is 42.6 Å². The molecule has 2 aliphatic heterocycles. The molecule has 0 radical (unpaired) electrons. The average molecular weight is 495 g/mol. The van der Waals surface area contributed by atoms with Gasteiger partial charge in [0.05, 0.1) is 22.9 Å². The standard InChI is InChI=1S/C26H28ClFN6O/c1-3-16-14-17(28)8-9-19(16)23-20-15-29-26(35)34(22-7-5-4-6-21(22)27)24(20)32-25(31-23)30-18-10-12-33(2)13-11-18/h4-9,14,18H,3,10-13,15H2,1-2H3,(H,29,35)(H,30,31,32). The van der Waals surface area contributed by atoms with E-state index >= 15 is 0 Å². The van der Waals surface area contributed by atoms with Crippen molar-refractivity contribution in [3.63, 3.8) is 0 Å². The lowest BCUT2D eigenvalue weighted by Crippen LogP contribution is -2.43. The predicted molar refractivity (Wildman–Crippen MR) is 137 cm³/mol. The van der Waals surface area contributed by atoms with Crippen molar-refractivity contribution in [2.75, 3.05) is 30.4 Å². The second-order valence-corrected chi connectivity index (χ2v) is 9.43. The number of fused-ring (bicyclic) bond motifs is 1. The van der Waals surface area contributed by atoms with Crippen LogP contribution in [-0.2, 0) is 13.0 Å². The number of para-hydroxylation sites is 1. The number of nitrogens with one attached hydrogen (secondary N) is 2. The van der Waals surface area contributed by atoms with Crippen LogP contribution in [0.4, 0.5) is 26.6 Å². The molecule has 7 nitrogen and oxygen atoms in total. The minimum absolute atomic E-state index is 0.224. The molecule has 35 heavy (non-hydrogen) atoms. The highest BCUT2D eigenvalue weighted by Gasteiger charge is 2.32. The van der Waals surface area contributed by atoms with Crippen molar-refractivity contribution in [2.45, 2.75) is 38.8 Å². The first-order chi connectivity index (χ1) is 16.9. The third-order valence-electron chi connectivity index (χ3n) is 6.67. The lowest BCUT2D eigenvalue weighted by molar-refractivity contribution is 0.247. The van der Waals surface area contributed by atoms with Crippen molar-refractivity contribution < 1.29 is 9.18 Å². The number of anilines is 3. The molecule has 0 spiro atoms. The molecule has 3 aromatic rings. The maximum Gasteiger partial charge on any atom is 0.328 e. The maximum atomic E-state index is 14.1. The Hall–Kier alpha value is -3.23. The fourth-order valence-electron chi connectivity index (χ4n) is 4.72. The van der Waals surface area contributed by atoms with Gasteiger partial charge in [-0.15, -0.1) is 0 Å². The van der Waals surface area contributed by atoms with Crippen LogP contribution < -0.4 is 15.5 Å². The zero-order valence-electron chi connectivity index (χ0n) is 19.8. The molecule has 0 saturated carbocycles. The van der Waals surface area contributed by atoms with E-state index in [2.05, 4.69) is 22.6 Å². The smallest absolute Gasteiger partial charge is 0.328 e. The highest BCUT2D eigenvalue weighted by Crippen LogP contribution is 2.39. The Balaban J connectivity index is 1.67. The zero-order valence-corrected chi connectivity index (χ0v) is 20.6. The van der Waals surface area contributed by atoms with Crippen LogP contribution in [0.1, 0.15) is 30.9 Å². The highest BCUT2D eigenvalue weighted by molar-refractivity contribution is 6.34. The summed E-state index contributed by atoms with van der Waals surface area (Å²) in [5.74, 6) is 0.643. The van der Waals surface area contributed by atoms with E-state index in [1.165, 1.54) is 11.0 Å². The van der Waals surface area contributed by atoms with Gasteiger partial charge >= 0.3 is 6.03 Å². The Morgan fingerprint density at radius 2 is 1.94 bits per heavy atom. The topological polar surface area (TPSA) is 73.4 Å². The average Bonchev–Trinajstić information content (AvgIpc) is 2.85. The summed E-state index contributed by atoms with van der Waals surface area (Å²) in [6.07, 6.45) is 2.58. The molecule has 0 unspecified atom stereocenters. The van der Waals surface area contributed by atoms with Gasteiger partial charge in [-0.25, -0.2) is 19.1 Å². The number of amides is 2. The van der Waals surface area contributed by atoms with E-state index in [0.29, 0.717) is 34.6 Å². The number of benzene rings is 2. The fourth-order valence-corrected chi connectivity index (χ4v) is 4.94. The monoisotopic (exact) mass is 494 g/mol. The number of aromatic nitrogens is 2. The SMILES string of the molecule is CCc1cc(F)ccc1-c1nc(NC2CCN(C)CC2)nc2c1CNC(=O)N2c1ccccc1Cl. The number of hydrogen-bond acceptors (Lipinski definition) is 5. The van der Waals surface area contributed by atoms with Gasteiger partial charge in [0.2, 0.25) is 5.95 Å². The van der Waals surface area contributed by atoms with Gasteiger partial charge in [0, 0.05) is 17.2 Å². The van der Waals surface area contributed by atoms with Crippen LogP contribution in [0.3, 0.4) is 0 Å². The van der Waals surface area contributed by atoms with Gasteiger partial charge in [0.15, 0.2) is 5.82 Å². The van der Waals surface area contributed by atoms with Crippen molar-refractivity contribution in [1.29, 1.82) is 0 Å². The summed E-state index contributed by atoms with van der Waals surface area (Å²) in [7, 11) is 2.12. The number of urea groups is 1. The van der Waals surface area contributed by atoms with Crippen LogP contribution in [0, 0.1) is 5.82 Å². The molecule has 2 amide bonds. The molecule has 2 N–H and O–H groups in total. The first-order valence-corrected chi connectivity index (χ1v) is 12.3. The molecular weight excluding hydrogens is 467 g/mol. The Labute approximate surface area is 209 Å². The summed E-state index contributed by atoms with van der Waals surface area (Å²) >= 11 is 6.49. The minimum Gasteiger partial charge on any atom is -0.351 e. The third kappa shape index (κ3) is 4.68. The van der Waals surface area contributed by atoms with Crippen molar-refractivity contribution in [3.8, 4) is 11.3 Å². The Bertz CT molecular complexity index is 1260. The van der Waals surface area contributed by atoms with E-state index in [9.17, 15) is 9.18 Å². The van der Waals surface area contributed by atoms with Gasteiger partial charge in [-0.2, -0.15) is 4.98 Å². The van der Waals surface area contributed by atoms with Crippen molar-refractivity contribution in [2.24, 2.45) is 0 Å². The lowest BCUT2D eigenvalue weighted by Gasteiger charge is -2.32. The number of nitrogens with zero attached hydrogens (tertiary/aromatic N) is 4. The van der Waals surface area contributed by atoms with E-state index in [1.807, 2.05) is 19.1 Å². The predicted octanol–water partition coefficient (Wildman–Crippen LogP) is 5.37. The maximum absolute atomic E-state index is 14.1. The molecule has 1 saturated heterocycles. The van der Waals surface area contributed by atoms with Crippen LogP contribution in [0.5, 0.6) is 0 Å². The van der Waals surface area contributed by atoms with Gasteiger partial charge < -0.3 is 15.5 Å². The first kappa shape index (κ1) is 23.5. The molecule has 9 heteroatoms. The van der Waals surface area contributed by atoms with Crippen molar-refractivity contribution in [1.82, 2.24) is 20.2 Å². The molecule has 182 valence electrons. The quantitative estimate of drug-likeness (QED) is 0.499. The minimum atomic E-state index is -0.310. The van der Waals surface area contributed by atoms with E-state index in [1.54, 1.807) is 24.3 Å². The van der Waals surface area contributed by atoms with Crippen LogP contribution in [0.2, 0.25) is 5.02 Å². The summed E-state index contributed by atoms with van der Waals surface area (Å²) in [6.45, 7) is 4.23. The van der Waals surface area contributed by atoms with Crippen molar-refractivity contribution in [3.05, 3.63) is 64.4 Å². The van der Waals surface area contributed by atoms with Crippen LogP contribution >= 0.6 is 11.6 Å². The van der Waals surface area contributed by atoms with Gasteiger partial charge in [0.25, 0.3) is 0 Å². The molecule has 1 fully saturated rings. The van der Waals surface area contributed by atoms with Crippen LogP contribution in [-0.4, -0.2) is 47.1 Å². The molecule has 0 atom stereocenters. The number of aryl methyl sites for hydroxylation is 1. The number of halogens is 2. The number of carbonyl (C=O) groups excluding carboxylic acids is 1. The zero-order chi connectivity index (χ0) is 24.5. The highest BCUT2D eigenvalue weighted by atomic mass is 35.5. The van der Waals surface area contributed by atoms with Gasteiger partial charge in [-0.1, -0.05) is 30.7 Å².